The van der Waals surface area contributed by atoms with E-state index in [1.807, 2.05) is 12.1 Å². The lowest BCUT2D eigenvalue weighted by Crippen LogP contribution is -1.99. The highest BCUT2D eigenvalue weighted by molar-refractivity contribution is 6.24. The molecule has 0 N–H and O–H groups in total. The Morgan fingerprint density at radius 1 is 0.385 bits per heavy atom. The largest absolute Gasteiger partial charge is 0.303 e. The molecule has 8 aromatic rings. The Kier molecular flexibility index (Phi) is 10.2. The maximum absolute atomic E-state index is 4.98. The van der Waals surface area contributed by atoms with Crippen molar-refractivity contribution in [3.05, 3.63) is 108 Å². The van der Waals surface area contributed by atoms with Gasteiger partial charge in [-0.3, -0.25) is 0 Å². The molecule has 0 unspecified atom stereocenters. The fraction of sp³-hybridized carbons (Fsp3) is 0.348. The molecule has 6 heteroatoms. The third kappa shape index (κ3) is 6.55. The second-order valence-corrected chi connectivity index (χ2v) is 14.6. The molecular formula is C46H50N6. The van der Waals surface area contributed by atoms with Gasteiger partial charge in [0.2, 0.25) is 0 Å². The van der Waals surface area contributed by atoms with Gasteiger partial charge in [0.25, 0.3) is 0 Å². The molecule has 0 radical (unpaired) electrons. The zero-order chi connectivity index (χ0) is 35.3. The van der Waals surface area contributed by atoms with Crippen LogP contribution < -0.4 is 0 Å². The van der Waals surface area contributed by atoms with Crippen LogP contribution in [0.1, 0.15) is 102 Å². The van der Waals surface area contributed by atoms with Gasteiger partial charge < -0.3 is 9.13 Å². The molecule has 0 spiro atoms. The summed E-state index contributed by atoms with van der Waals surface area (Å²) in [6.07, 6.45) is 17.9. The first-order chi connectivity index (χ1) is 25.8. The molecular weight excluding hydrogens is 637 g/mol. The Morgan fingerprint density at radius 3 is 1.19 bits per heavy atom. The molecule has 0 saturated carbocycles. The van der Waals surface area contributed by atoms with Crippen molar-refractivity contribution in [3.63, 3.8) is 0 Å². The fourth-order valence-corrected chi connectivity index (χ4v) is 8.08. The van der Waals surface area contributed by atoms with E-state index in [0.717, 1.165) is 79.1 Å². The summed E-state index contributed by atoms with van der Waals surface area (Å²) >= 11 is 0. The van der Waals surface area contributed by atoms with E-state index in [1.54, 1.807) is 0 Å². The molecule has 0 aliphatic rings. The van der Waals surface area contributed by atoms with Crippen molar-refractivity contribution < 1.29 is 0 Å². The number of aryl methyl sites for hydroxylation is 2. The van der Waals surface area contributed by atoms with Gasteiger partial charge >= 0.3 is 0 Å². The van der Waals surface area contributed by atoms with Crippen LogP contribution in [0, 0.1) is 0 Å². The SMILES string of the molecule is CCCCCCCCc1ccc(-n2c3c4ccccc4nnc3c3c2c2nnc4ccccc4c2n3-c2ccc(CCCCCCCC)cc2)cc1. The first-order valence-corrected chi connectivity index (χ1v) is 19.8. The first kappa shape index (κ1) is 34.0. The minimum absolute atomic E-state index is 0.864. The summed E-state index contributed by atoms with van der Waals surface area (Å²) in [7, 11) is 0. The van der Waals surface area contributed by atoms with Gasteiger partial charge in [0, 0.05) is 22.1 Å². The van der Waals surface area contributed by atoms with Crippen molar-refractivity contribution in [1.29, 1.82) is 0 Å². The van der Waals surface area contributed by atoms with Crippen LogP contribution in [0.3, 0.4) is 0 Å². The van der Waals surface area contributed by atoms with Gasteiger partial charge in [0.1, 0.15) is 22.1 Å². The van der Waals surface area contributed by atoms with Crippen LogP contribution in [0.4, 0.5) is 0 Å². The van der Waals surface area contributed by atoms with Gasteiger partial charge in [-0.2, -0.15) is 0 Å². The molecule has 4 aromatic heterocycles. The highest BCUT2D eigenvalue weighted by atomic mass is 15.2. The third-order valence-corrected chi connectivity index (χ3v) is 10.9. The number of unbranched alkanes of at least 4 members (excludes halogenated alkanes) is 10. The average Bonchev–Trinajstić information content (AvgIpc) is 3.71. The standard InChI is InChI=1S/C46H50N6/c1-3-5-7-9-11-13-19-33-25-29-35(30-26-33)51-43-37-21-15-17-23-39(37)47-49-41(43)46-45(51)42-44(38-22-16-18-24-40(38)48-50-42)52(46)36-31-27-34(28-32-36)20-14-12-10-8-6-4-2/h15-18,21-32H,3-14,19-20H2,1-2H3. The van der Waals surface area contributed by atoms with Crippen LogP contribution >= 0.6 is 0 Å². The smallest absolute Gasteiger partial charge is 0.137 e. The number of hydrogen-bond donors (Lipinski definition) is 0. The van der Waals surface area contributed by atoms with Crippen molar-refractivity contribution in [2.45, 2.75) is 104 Å². The van der Waals surface area contributed by atoms with E-state index >= 15 is 0 Å². The van der Waals surface area contributed by atoms with Gasteiger partial charge in [-0.05, 0) is 73.2 Å². The molecule has 0 aliphatic carbocycles. The summed E-state index contributed by atoms with van der Waals surface area (Å²) in [5.74, 6) is 0. The summed E-state index contributed by atoms with van der Waals surface area (Å²) in [6.45, 7) is 4.56. The van der Waals surface area contributed by atoms with Gasteiger partial charge in [-0.15, -0.1) is 20.4 Å². The molecule has 4 aromatic carbocycles. The second kappa shape index (κ2) is 15.6. The lowest BCUT2D eigenvalue weighted by molar-refractivity contribution is 0.607. The van der Waals surface area contributed by atoms with Crippen molar-refractivity contribution >= 4 is 54.9 Å². The molecule has 0 amide bonds. The molecule has 0 bridgehead atoms. The van der Waals surface area contributed by atoms with E-state index in [2.05, 4.69) is 108 Å². The van der Waals surface area contributed by atoms with Crippen molar-refractivity contribution in [2.75, 3.05) is 0 Å². The van der Waals surface area contributed by atoms with E-state index in [0.29, 0.717) is 0 Å². The Labute approximate surface area is 306 Å². The summed E-state index contributed by atoms with van der Waals surface area (Å²) in [4.78, 5) is 0. The number of aromatic nitrogens is 6. The van der Waals surface area contributed by atoms with E-state index in [1.165, 1.54) is 88.2 Å². The average molecular weight is 687 g/mol. The van der Waals surface area contributed by atoms with Crippen LogP contribution in [0.5, 0.6) is 0 Å². The zero-order valence-electron chi connectivity index (χ0n) is 30.8. The number of rotatable bonds is 16. The maximum Gasteiger partial charge on any atom is 0.137 e. The van der Waals surface area contributed by atoms with E-state index < -0.39 is 0 Å². The molecule has 264 valence electrons. The third-order valence-electron chi connectivity index (χ3n) is 10.9. The fourth-order valence-electron chi connectivity index (χ4n) is 8.08. The minimum atomic E-state index is 0.864. The Hall–Kier alpha value is -5.10. The molecule has 8 rings (SSSR count). The summed E-state index contributed by atoms with van der Waals surface area (Å²) < 4.78 is 4.73. The molecule has 0 atom stereocenters. The van der Waals surface area contributed by atoms with Crippen LogP contribution in [0.2, 0.25) is 0 Å². The number of fused-ring (bicyclic) bond motifs is 9. The number of hydrogen-bond acceptors (Lipinski definition) is 4. The molecule has 6 nitrogen and oxygen atoms in total. The quantitative estimate of drug-likeness (QED) is 0.0949. The van der Waals surface area contributed by atoms with Crippen molar-refractivity contribution in [2.24, 2.45) is 0 Å². The minimum Gasteiger partial charge on any atom is -0.303 e. The van der Waals surface area contributed by atoms with Gasteiger partial charge in [-0.1, -0.05) is 139 Å². The topological polar surface area (TPSA) is 61.4 Å². The predicted molar refractivity (Wildman–Crippen MR) is 218 cm³/mol. The van der Waals surface area contributed by atoms with E-state index in [9.17, 15) is 0 Å². The van der Waals surface area contributed by atoms with Crippen LogP contribution in [0.15, 0.2) is 97.1 Å². The molecule has 0 saturated heterocycles. The first-order valence-electron chi connectivity index (χ1n) is 19.8. The normalized spacial score (nSPS) is 12.0. The zero-order valence-corrected chi connectivity index (χ0v) is 30.8. The van der Waals surface area contributed by atoms with Gasteiger partial charge in [-0.25, -0.2) is 0 Å². The summed E-state index contributed by atoms with van der Waals surface area (Å²) in [5.41, 5.74) is 12.5. The maximum atomic E-state index is 4.98. The molecule has 52 heavy (non-hydrogen) atoms. The lowest BCUT2D eigenvalue weighted by Gasteiger charge is -2.11. The van der Waals surface area contributed by atoms with Crippen LogP contribution in [-0.2, 0) is 12.8 Å². The number of nitrogens with zero attached hydrogens (tertiary/aromatic N) is 6. The summed E-state index contributed by atoms with van der Waals surface area (Å²) in [5, 5.41) is 21.6. The van der Waals surface area contributed by atoms with Crippen molar-refractivity contribution in [3.8, 4) is 11.4 Å². The van der Waals surface area contributed by atoms with E-state index in [4.69, 9.17) is 20.4 Å². The van der Waals surface area contributed by atoms with Gasteiger partial charge in [0.05, 0.1) is 22.1 Å². The molecule has 4 heterocycles. The number of benzene rings is 4. The lowest BCUT2D eigenvalue weighted by atomic mass is 10.0. The Morgan fingerprint density at radius 2 is 0.769 bits per heavy atom. The predicted octanol–water partition coefficient (Wildman–Crippen LogP) is 12.4. The summed E-state index contributed by atoms with van der Waals surface area (Å²) in [6, 6.07) is 35.0. The van der Waals surface area contributed by atoms with Crippen LogP contribution in [0.25, 0.3) is 66.3 Å². The molecule has 0 aliphatic heterocycles. The molecule has 0 fully saturated rings. The van der Waals surface area contributed by atoms with E-state index in [-0.39, 0.29) is 0 Å². The van der Waals surface area contributed by atoms with Crippen molar-refractivity contribution in [1.82, 2.24) is 29.5 Å². The Bertz CT molecular complexity index is 2260. The second-order valence-electron chi connectivity index (χ2n) is 14.6. The highest BCUT2D eigenvalue weighted by Crippen LogP contribution is 2.42. The highest BCUT2D eigenvalue weighted by Gasteiger charge is 2.27. The van der Waals surface area contributed by atoms with Gasteiger partial charge in [0.15, 0.2) is 0 Å². The monoisotopic (exact) mass is 686 g/mol. The van der Waals surface area contributed by atoms with Crippen LogP contribution in [-0.4, -0.2) is 29.5 Å². The Balaban J connectivity index is 1.28.